The van der Waals surface area contributed by atoms with Gasteiger partial charge in [-0.25, -0.2) is 9.59 Å². The fourth-order valence-electron chi connectivity index (χ4n) is 1.72. The van der Waals surface area contributed by atoms with E-state index in [9.17, 15) is 9.59 Å². The summed E-state index contributed by atoms with van der Waals surface area (Å²) in [4.78, 5) is 28.1. The lowest BCUT2D eigenvalue weighted by molar-refractivity contribution is -0.142. The highest BCUT2D eigenvalue weighted by Gasteiger charge is 2.28. The summed E-state index contributed by atoms with van der Waals surface area (Å²) in [5.41, 5.74) is 0.803. The van der Waals surface area contributed by atoms with Gasteiger partial charge in [0.15, 0.2) is 0 Å². The van der Waals surface area contributed by atoms with Gasteiger partial charge in [-0.1, -0.05) is 13.8 Å². The van der Waals surface area contributed by atoms with Crippen molar-refractivity contribution in [1.29, 1.82) is 0 Å². The highest BCUT2D eigenvalue weighted by molar-refractivity contribution is 5.79. The number of carbonyl (C=O) groups excluding carboxylic acids is 1. The van der Waals surface area contributed by atoms with Crippen LogP contribution in [-0.2, 0) is 16.1 Å². The Bertz CT molecular complexity index is 448. The van der Waals surface area contributed by atoms with Crippen LogP contribution in [0.3, 0.4) is 0 Å². The van der Waals surface area contributed by atoms with E-state index in [0.717, 1.165) is 10.5 Å². The number of carboxylic acid groups (broad SMARTS) is 1. The topological polar surface area (TPSA) is 79.7 Å². The van der Waals surface area contributed by atoms with Crippen molar-refractivity contribution in [2.45, 2.75) is 32.9 Å². The van der Waals surface area contributed by atoms with Gasteiger partial charge in [-0.2, -0.15) is 0 Å². The minimum atomic E-state index is -1.03. The smallest absolute Gasteiger partial charge is 0.410 e. The van der Waals surface area contributed by atoms with Crippen molar-refractivity contribution in [2.75, 3.05) is 7.05 Å². The van der Waals surface area contributed by atoms with Crippen LogP contribution in [-0.4, -0.2) is 40.1 Å². The van der Waals surface area contributed by atoms with Crippen molar-refractivity contribution >= 4 is 12.1 Å². The number of hydrogen-bond donors (Lipinski definition) is 1. The zero-order valence-corrected chi connectivity index (χ0v) is 11.9. The average Bonchev–Trinajstić information content (AvgIpc) is 2.42. The molecule has 1 aromatic rings. The predicted octanol–water partition coefficient (Wildman–Crippen LogP) is 2.15. The molecule has 0 aromatic carbocycles. The fraction of sp³-hybridized carbons (Fsp3) is 0.500. The molecular weight excluding hydrogens is 260 g/mol. The van der Waals surface area contributed by atoms with Gasteiger partial charge in [-0.15, -0.1) is 0 Å². The number of ether oxygens (including phenoxy) is 1. The Morgan fingerprint density at radius 2 is 1.95 bits per heavy atom. The molecule has 1 atom stereocenters. The molecule has 1 amide bonds. The molecular formula is C14H20N2O4. The van der Waals surface area contributed by atoms with Gasteiger partial charge in [0.25, 0.3) is 0 Å². The summed E-state index contributed by atoms with van der Waals surface area (Å²) in [6, 6.07) is 2.59. The summed E-state index contributed by atoms with van der Waals surface area (Å²) < 4.78 is 5.10. The Hall–Kier alpha value is -2.11. The molecule has 1 rings (SSSR count). The molecule has 1 heterocycles. The van der Waals surface area contributed by atoms with Gasteiger partial charge in [-0.05, 0) is 30.0 Å². The van der Waals surface area contributed by atoms with E-state index in [1.807, 2.05) is 13.8 Å². The minimum absolute atomic E-state index is 0.0969. The number of amides is 1. The number of rotatable bonds is 6. The van der Waals surface area contributed by atoms with Crippen LogP contribution in [0.5, 0.6) is 0 Å². The standard InChI is InChI=1S/C14H20N2O4/c1-10(2)8-12(13(17)18)16(3)14(19)20-9-11-4-6-15-7-5-11/h4-7,10,12H,8-9H2,1-3H3,(H,17,18). The van der Waals surface area contributed by atoms with Crippen LogP contribution in [0, 0.1) is 5.92 Å². The van der Waals surface area contributed by atoms with Crippen molar-refractivity contribution in [3.8, 4) is 0 Å². The molecule has 1 aromatic heterocycles. The number of pyridine rings is 1. The quantitative estimate of drug-likeness (QED) is 0.863. The van der Waals surface area contributed by atoms with Crippen molar-refractivity contribution in [3.63, 3.8) is 0 Å². The molecule has 0 aliphatic rings. The van der Waals surface area contributed by atoms with Gasteiger partial charge in [0, 0.05) is 19.4 Å². The van der Waals surface area contributed by atoms with E-state index in [1.165, 1.54) is 7.05 Å². The Morgan fingerprint density at radius 3 is 2.45 bits per heavy atom. The number of carboxylic acids is 1. The van der Waals surface area contributed by atoms with Crippen LogP contribution in [0.4, 0.5) is 4.79 Å². The van der Waals surface area contributed by atoms with Crippen molar-refractivity contribution in [1.82, 2.24) is 9.88 Å². The molecule has 0 saturated heterocycles. The number of nitrogens with zero attached hydrogens (tertiary/aromatic N) is 2. The number of carbonyl (C=O) groups is 2. The van der Waals surface area contributed by atoms with Crippen LogP contribution < -0.4 is 0 Å². The van der Waals surface area contributed by atoms with E-state index in [1.54, 1.807) is 24.5 Å². The molecule has 0 aliphatic carbocycles. The van der Waals surface area contributed by atoms with E-state index in [-0.39, 0.29) is 12.5 Å². The molecule has 110 valence electrons. The van der Waals surface area contributed by atoms with Gasteiger partial charge in [-0.3, -0.25) is 9.88 Å². The zero-order valence-electron chi connectivity index (χ0n) is 11.9. The molecule has 0 fully saturated rings. The first-order valence-corrected chi connectivity index (χ1v) is 6.43. The third-order valence-corrected chi connectivity index (χ3v) is 2.85. The van der Waals surface area contributed by atoms with Crippen LogP contribution >= 0.6 is 0 Å². The van der Waals surface area contributed by atoms with Crippen LogP contribution in [0.1, 0.15) is 25.8 Å². The molecule has 0 radical (unpaired) electrons. The van der Waals surface area contributed by atoms with Gasteiger partial charge in [0.05, 0.1) is 0 Å². The summed E-state index contributed by atoms with van der Waals surface area (Å²) in [5.74, 6) is -0.853. The molecule has 6 nitrogen and oxygen atoms in total. The van der Waals surface area contributed by atoms with E-state index in [0.29, 0.717) is 6.42 Å². The van der Waals surface area contributed by atoms with Crippen LogP contribution in [0.25, 0.3) is 0 Å². The summed E-state index contributed by atoms with van der Waals surface area (Å²) >= 11 is 0. The lowest BCUT2D eigenvalue weighted by Crippen LogP contribution is -2.43. The number of aromatic nitrogens is 1. The SMILES string of the molecule is CC(C)CC(C(=O)O)N(C)C(=O)OCc1ccncc1. The summed E-state index contributed by atoms with van der Waals surface area (Å²) in [6.45, 7) is 3.91. The first-order chi connectivity index (χ1) is 9.41. The maximum absolute atomic E-state index is 11.9. The van der Waals surface area contributed by atoms with Crippen molar-refractivity contribution in [2.24, 2.45) is 5.92 Å². The zero-order chi connectivity index (χ0) is 15.1. The minimum Gasteiger partial charge on any atom is -0.480 e. The average molecular weight is 280 g/mol. The fourth-order valence-corrected chi connectivity index (χ4v) is 1.72. The molecule has 20 heavy (non-hydrogen) atoms. The largest absolute Gasteiger partial charge is 0.480 e. The highest BCUT2D eigenvalue weighted by Crippen LogP contribution is 2.12. The number of hydrogen-bond acceptors (Lipinski definition) is 4. The Kier molecular flexibility index (Phi) is 5.96. The Labute approximate surface area is 118 Å². The van der Waals surface area contributed by atoms with Gasteiger partial charge in [0.2, 0.25) is 0 Å². The number of aliphatic carboxylic acids is 1. The maximum Gasteiger partial charge on any atom is 0.410 e. The predicted molar refractivity (Wildman–Crippen MR) is 73.1 cm³/mol. The first kappa shape index (κ1) is 15.9. The molecule has 0 spiro atoms. The third-order valence-electron chi connectivity index (χ3n) is 2.85. The van der Waals surface area contributed by atoms with E-state index >= 15 is 0 Å². The van der Waals surface area contributed by atoms with Crippen molar-refractivity contribution in [3.05, 3.63) is 30.1 Å². The summed E-state index contributed by atoms with van der Waals surface area (Å²) in [5, 5.41) is 9.17. The molecule has 0 aliphatic heterocycles. The summed E-state index contributed by atoms with van der Waals surface area (Å²) in [6.07, 6.45) is 2.95. The second-order valence-corrected chi connectivity index (χ2v) is 5.00. The van der Waals surface area contributed by atoms with E-state index in [2.05, 4.69) is 4.98 Å². The second-order valence-electron chi connectivity index (χ2n) is 5.00. The lowest BCUT2D eigenvalue weighted by Gasteiger charge is -2.25. The van der Waals surface area contributed by atoms with Crippen LogP contribution in [0.2, 0.25) is 0 Å². The lowest BCUT2D eigenvalue weighted by atomic mass is 10.0. The molecule has 0 saturated carbocycles. The van der Waals surface area contributed by atoms with Gasteiger partial charge >= 0.3 is 12.1 Å². The third kappa shape index (κ3) is 4.87. The molecule has 1 N–H and O–H groups in total. The monoisotopic (exact) mass is 280 g/mol. The van der Waals surface area contributed by atoms with Gasteiger partial charge in [0.1, 0.15) is 12.6 Å². The van der Waals surface area contributed by atoms with Gasteiger partial charge < -0.3 is 9.84 Å². The van der Waals surface area contributed by atoms with Crippen LogP contribution in [0.15, 0.2) is 24.5 Å². The Morgan fingerprint density at radius 1 is 1.35 bits per heavy atom. The van der Waals surface area contributed by atoms with Crippen molar-refractivity contribution < 1.29 is 19.4 Å². The molecule has 0 bridgehead atoms. The first-order valence-electron chi connectivity index (χ1n) is 6.43. The molecule has 6 heteroatoms. The van der Waals surface area contributed by atoms with E-state index in [4.69, 9.17) is 9.84 Å². The summed E-state index contributed by atoms with van der Waals surface area (Å²) in [7, 11) is 1.44. The Balaban J connectivity index is 2.58. The van der Waals surface area contributed by atoms with E-state index < -0.39 is 18.1 Å². The highest BCUT2D eigenvalue weighted by atomic mass is 16.6. The maximum atomic E-state index is 11.9. The second kappa shape index (κ2) is 7.47. The number of likely N-dealkylation sites (N-methyl/N-ethyl adjacent to an activating group) is 1. The normalized spacial score (nSPS) is 12.0. The molecule has 1 unspecified atom stereocenters.